The van der Waals surface area contributed by atoms with Gasteiger partial charge in [0.15, 0.2) is 0 Å². The van der Waals surface area contributed by atoms with E-state index in [-0.39, 0.29) is 17.5 Å². The topological polar surface area (TPSA) is 32.8 Å². The van der Waals surface area contributed by atoms with Gasteiger partial charge in [0, 0.05) is 38.3 Å². The molecule has 1 aliphatic rings. The number of halogens is 3. The number of hydrogen-bond donors (Lipinski definition) is 0. The first-order valence-electron chi connectivity index (χ1n) is 8.32. The lowest BCUT2D eigenvalue weighted by atomic mass is 10.1. The molecule has 0 radical (unpaired) electrons. The lowest BCUT2D eigenvalue weighted by molar-refractivity contribution is -0.0498. The van der Waals surface area contributed by atoms with E-state index in [0.29, 0.717) is 38.3 Å². The van der Waals surface area contributed by atoms with Gasteiger partial charge in [-0.25, -0.2) is 4.39 Å². The van der Waals surface area contributed by atoms with E-state index in [1.165, 1.54) is 36.4 Å². The maximum atomic E-state index is 13.3. The highest BCUT2D eigenvalue weighted by Crippen LogP contribution is 2.17. The molecule has 0 atom stereocenters. The molecule has 0 aromatic heterocycles. The van der Waals surface area contributed by atoms with Crippen LogP contribution < -0.4 is 4.74 Å². The van der Waals surface area contributed by atoms with Crippen LogP contribution in [0.15, 0.2) is 48.5 Å². The number of hydrogen-bond acceptors (Lipinski definition) is 3. The molecule has 0 saturated carbocycles. The van der Waals surface area contributed by atoms with Gasteiger partial charge in [0.1, 0.15) is 11.6 Å². The van der Waals surface area contributed by atoms with Crippen LogP contribution in [0, 0.1) is 5.82 Å². The van der Waals surface area contributed by atoms with Gasteiger partial charge >= 0.3 is 6.61 Å². The Bertz CT molecular complexity index is 745. The van der Waals surface area contributed by atoms with Crippen molar-refractivity contribution in [1.29, 1.82) is 0 Å². The molecular weight excluding hydrogens is 345 g/mol. The van der Waals surface area contributed by atoms with Gasteiger partial charge in [-0.3, -0.25) is 9.69 Å². The van der Waals surface area contributed by atoms with Crippen molar-refractivity contribution >= 4 is 5.91 Å². The number of ether oxygens (including phenoxy) is 1. The van der Waals surface area contributed by atoms with Gasteiger partial charge in [0.05, 0.1) is 0 Å². The zero-order chi connectivity index (χ0) is 18.5. The number of carbonyl (C=O) groups excluding carboxylic acids is 1. The zero-order valence-corrected chi connectivity index (χ0v) is 14.1. The van der Waals surface area contributed by atoms with Crippen molar-refractivity contribution in [3.8, 4) is 5.75 Å². The highest BCUT2D eigenvalue weighted by atomic mass is 19.3. The molecule has 138 valence electrons. The number of benzene rings is 2. The zero-order valence-electron chi connectivity index (χ0n) is 14.1. The van der Waals surface area contributed by atoms with E-state index in [1.54, 1.807) is 11.0 Å². The molecule has 1 amide bonds. The summed E-state index contributed by atoms with van der Waals surface area (Å²) >= 11 is 0. The second-order valence-electron chi connectivity index (χ2n) is 6.10. The Morgan fingerprint density at radius 3 is 2.35 bits per heavy atom. The molecule has 3 rings (SSSR count). The lowest BCUT2D eigenvalue weighted by Gasteiger charge is -2.34. The number of nitrogens with zero attached hydrogens (tertiary/aromatic N) is 2. The third kappa shape index (κ3) is 4.76. The van der Waals surface area contributed by atoms with Gasteiger partial charge in [-0.1, -0.05) is 12.1 Å². The summed E-state index contributed by atoms with van der Waals surface area (Å²) in [5, 5.41) is 0. The summed E-state index contributed by atoms with van der Waals surface area (Å²) in [6.07, 6.45) is 0. The Morgan fingerprint density at radius 1 is 1.04 bits per heavy atom. The van der Waals surface area contributed by atoms with Crippen LogP contribution in [-0.2, 0) is 6.54 Å². The Kier molecular flexibility index (Phi) is 5.78. The molecule has 1 heterocycles. The SMILES string of the molecule is O=C(c1ccc(OC(F)F)cc1)N1CCN(Cc2cccc(F)c2)CC1. The number of piperazine rings is 1. The first kappa shape index (κ1) is 18.3. The monoisotopic (exact) mass is 364 g/mol. The van der Waals surface area contributed by atoms with Crippen LogP contribution in [0.1, 0.15) is 15.9 Å². The molecule has 1 fully saturated rings. The van der Waals surface area contributed by atoms with Crippen molar-refractivity contribution in [2.45, 2.75) is 13.2 Å². The maximum Gasteiger partial charge on any atom is 0.387 e. The summed E-state index contributed by atoms with van der Waals surface area (Å²) in [6, 6.07) is 12.2. The van der Waals surface area contributed by atoms with Crippen LogP contribution in [0.25, 0.3) is 0 Å². The van der Waals surface area contributed by atoms with Crippen LogP contribution in [0.3, 0.4) is 0 Å². The first-order valence-corrected chi connectivity index (χ1v) is 8.32. The standard InChI is InChI=1S/C19H19F3N2O2/c20-16-3-1-2-14(12-16)13-23-8-10-24(11-9-23)18(25)15-4-6-17(7-5-15)26-19(21)22/h1-7,12,19H,8-11,13H2. The van der Waals surface area contributed by atoms with Gasteiger partial charge in [-0.2, -0.15) is 8.78 Å². The summed E-state index contributed by atoms with van der Waals surface area (Å²) in [5.41, 5.74) is 1.34. The Balaban J connectivity index is 1.53. The second-order valence-corrected chi connectivity index (χ2v) is 6.10. The Labute approximate surface area is 149 Å². The molecule has 0 spiro atoms. The van der Waals surface area contributed by atoms with E-state index in [1.807, 2.05) is 6.07 Å². The van der Waals surface area contributed by atoms with Gasteiger partial charge in [-0.15, -0.1) is 0 Å². The lowest BCUT2D eigenvalue weighted by Crippen LogP contribution is -2.48. The second kappa shape index (κ2) is 8.23. The molecule has 0 unspecified atom stereocenters. The van der Waals surface area contributed by atoms with E-state index < -0.39 is 6.61 Å². The molecule has 0 bridgehead atoms. The minimum absolute atomic E-state index is 0.0245. The number of alkyl halides is 2. The van der Waals surface area contributed by atoms with Gasteiger partial charge in [0.25, 0.3) is 5.91 Å². The van der Waals surface area contributed by atoms with Crippen molar-refractivity contribution in [2.24, 2.45) is 0 Å². The van der Waals surface area contributed by atoms with Gasteiger partial charge < -0.3 is 9.64 Å². The van der Waals surface area contributed by atoms with E-state index in [0.717, 1.165) is 5.56 Å². The van der Waals surface area contributed by atoms with Crippen molar-refractivity contribution in [2.75, 3.05) is 26.2 Å². The summed E-state index contributed by atoms with van der Waals surface area (Å²) in [7, 11) is 0. The largest absolute Gasteiger partial charge is 0.435 e. The fourth-order valence-corrected chi connectivity index (χ4v) is 2.96. The Morgan fingerprint density at radius 2 is 1.73 bits per heavy atom. The Hall–Kier alpha value is -2.54. The smallest absolute Gasteiger partial charge is 0.387 e. The summed E-state index contributed by atoms with van der Waals surface area (Å²) in [5.74, 6) is -0.369. The van der Waals surface area contributed by atoms with Crippen molar-refractivity contribution in [3.63, 3.8) is 0 Å². The minimum Gasteiger partial charge on any atom is -0.435 e. The molecule has 1 aliphatic heterocycles. The molecule has 2 aromatic carbocycles. The summed E-state index contributed by atoms with van der Waals surface area (Å²) in [6.45, 7) is 0.249. The minimum atomic E-state index is -2.89. The number of rotatable bonds is 5. The summed E-state index contributed by atoms with van der Waals surface area (Å²) in [4.78, 5) is 16.4. The highest BCUT2D eigenvalue weighted by molar-refractivity contribution is 5.94. The molecule has 1 saturated heterocycles. The van der Waals surface area contributed by atoms with Gasteiger partial charge in [-0.05, 0) is 42.0 Å². The van der Waals surface area contributed by atoms with E-state index in [2.05, 4.69) is 9.64 Å². The predicted octanol–water partition coefficient (Wildman–Crippen LogP) is 3.39. The van der Waals surface area contributed by atoms with Crippen LogP contribution in [0.2, 0.25) is 0 Å². The van der Waals surface area contributed by atoms with Crippen LogP contribution in [-0.4, -0.2) is 48.5 Å². The molecule has 2 aromatic rings. The van der Waals surface area contributed by atoms with Crippen LogP contribution >= 0.6 is 0 Å². The van der Waals surface area contributed by atoms with Gasteiger partial charge in [0.2, 0.25) is 0 Å². The van der Waals surface area contributed by atoms with E-state index in [4.69, 9.17) is 0 Å². The molecule has 26 heavy (non-hydrogen) atoms. The van der Waals surface area contributed by atoms with Crippen LogP contribution in [0.5, 0.6) is 5.75 Å². The molecule has 0 N–H and O–H groups in total. The molecule has 0 aliphatic carbocycles. The number of carbonyl (C=O) groups is 1. The quantitative estimate of drug-likeness (QED) is 0.815. The van der Waals surface area contributed by atoms with E-state index in [9.17, 15) is 18.0 Å². The normalized spacial score (nSPS) is 15.3. The average molecular weight is 364 g/mol. The third-order valence-corrected chi connectivity index (χ3v) is 4.28. The van der Waals surface area contributed by atoms with Crippen molar-refractivity contribution in [3.05, 3.63) is 65.5 Å². The fraction of sp³-hybridized carbons (Fsp3) is 0.316. The maximum absolute atomic E-state index is 13.3. The van der Waals surface area contributed by atoms with Crippen molar-refractivity contribution < 1.29 is 22.7 Å². The fourth-order valence-electron chi connectivity index (χ4n) is 2.96. The molecular formula is C19H19F3N2O2. The number of amides is 1. The van der Waals surface area contributed by atoms with Crippen LogP contribution in [0.4, 0.5) is 13.2 Å². The average Bonchev–Trinajstić information content (AvgIpc) is 2.62. The summed E-state index contributed by atoms with van der Waals surface area (Å²) < 4.78 is 41.9. The highest BCUT2D eigenvalue weighted by Gasteiger charge is 2.22. The predicted molar refractivity (Wildman–Crippen MR) is 90.7 cm³/mol. The molecule has 4 nitrogen and oxygen atoms in total. The van der Waals surface area contributed by atoms with Crippen molar-refractivity contribution in [1.82, 2.24) is 9.80 Å². The molecule has 7 heteroatoms. The van der Waals surface area contributed by atoms with E-state index >= 15 is 0 Å². The third-order valence-electron chi connectivity index (χ3n) is 4.28. The first-order chi connectivity index (χ1) is 12.5.